The van der Waals surface area contributed by atoms with Crippen molar-refractivity contribution in [3.05, 3.63) is 89.5 Å². The molecule has 0 radical (unpaired) electrons. The van der Waals surface area contributed by atoms with E-state index in [1.165, 1.54) is 24.3 Å². The zero-order valence-corrected chi connectivity index (χ0v) is 16.1. The van der Waals surface area contributed by atoms with Crippen LogP contribution >= 0.6 is 0 Å². The van der Waals surface area contributed by atoms with E-state index in [2.05, 4.69) is 10.5 Å². The largest absolute Gasteiger partial charge is 0.416 e. The molecule has 0 saturated heterocycles. The summed E-state index contributed by atoms with van der Waals surface area (Å²) in [6.45, 7) is -0.376. The second kappa shape index (κ2) is 8.23. The Bertz CT molecular complexity index is 1220. The summed E-state index contributed by atoms with van der Waals surface area (Å²) < 4.78 is 44.9. The van der Waals surface area contributed by atoms with Crippen LogP contribution in [0.3, 0.4) is 0 Å². The number of halogens is 3. The number of alkyl halides is 3. The van der Waals surface area contributed by atoms with Gasteiger partial charge in [-0.15, -0.1) is 0 Å². The highest BCUT2D eigenvalue weighted by atomic mass is 19.4. The highest BCUT2D eigenvalue weighted by Crippen LogP contribution is 2.34. The second-order valence-corrected chi connectivity index (χ2v) is 6.92. The number of hydrogen-bond donors (Lipinski definition) is 2. The van der Waals surface area contributed by atoms with E-state index in [1.807, 2.05) is 30.3 Å². The van der Waals surface area contributed by atoms with Gasteiger partial charge in [0.05, 0.1) is 17.1 Å². The molecule has 0 aliphatic heterocycles. The van der Waals surface area contributed by atoms with Crippen molar-refractivity contribution in [2.24, 2.45) is 0 Å². The lowest BCUT2D eigenvalue weighted by Gasteiger charge is -2.18. The van der Waals surface area contributed by atoms with Gasteiger partial charge in [-0.2, -0.15) is 13.2 Å². The number of fused-ring (bicyclic) bond motifs is 1. The monoisotopic (exact) mass is 426 g/mol. The molecule has 8 heteroatoms. The SMILES string of the molecule is O=C(NCC(O)c1ccccc1C(F)(F)F)c1ccc2noc(-c3ccccc3)c2c1. The van der Waals surface area contributed by atoms with Gasteiger partial charge in [0.2, 0.25) is 0 Å². The number of aliphatic hydroxyl groups excluding tert-OH is 1. The number of nitrogens with zero attached hydrogens (tertiary/aromatic N) is 1. The van der Waals surface area contributed by atoms with Crippen molar-refractivity contribution in [1.82, 2.24) is 10.5 Å². The number of rotatable bonds is 5. The maximum absolute atomic E-state index is 13.2. The standard InChI is InChI=1S/C23H17F3N2O3/c24-23(25,26)18-9-5-4-8-16(18)20(29)13-27-22(30)15-10-11-19-17(12-15)21(31-28-19)14-6-2-1-3-7-14/h1-12,20,29H,13H2,(H,27,30). The fourth-order valence-electron chi connectivity index (χ4n) is 3.33. The predicted molar refractivity (Wildman–Crippen MR) is 108 cm³/mol. The topological polar surface area (TPSA) is 75.4 Å². The lowest BCUT2D eigenvalue weighted by Crippen LogP contribution is -2.29. The van der Waals surface area contributed by atoms with Crippen molar-refractivity contribution in [3.63, 3.8) is 0 Å². The van der Waals surface area contributed by atoms with Crippen molar-refractivity contribution < 1.29 is 27.6 Å². The Morgan fingerprint density at radius 1 is 1.03 bits per heavy atom. The van der Waals surface area contributed by atoms with Gasteiger partial charge in [0.25, 0.3) is 5.91 Å². The van der Waals surface area contributed by atoms with E-state index < -0.39 is 23.8 Å². The third kappa shape index (κ3) is 4.29. The average molecular weight is 426 g/mol. The molecule has 1 aromatic heterocycles. The molecule has 1 heterocycles. The molecule has 4 rings (SSSR count). The van der Waals surface area contributed by atoms with E-state index >= 15 is 0 Å². The highest BCUT2D eigenvalue weighted by molar-refractivity contribution is 6.01. The first kappa shape index (κ1) is 20.6. The normalized spacial score (nSPS) is 12.6. The summed E-state index contributed by atoms with van der Waals surface area (Å²) in [5, 5.41) is 17.4. The Kier molecular flexibility index (Phi) is 5.48. The summed E-state index contributed by atoms with van der Waals surface area (Å²) in [5.41, 5.74) is 0.395. The summed E-state index contributed by atoms with van der Waals surface area (Å²) in [7, 11) is 0. The Morgan fingerprint density at radius 2 is 1.74 bits per heavy atom. The molecule has 0 aliphatic carbocycles. The minimum absolute atomic E-state index is 0.268. The summed E-state index contributed by atoms with van der Waals surface area (Å²) in [5.74, 6) is -0.0324. The third-order valence-corrected chi connectivity index (χ3v) is 4.86. The molecule has 2 N–H and O–H groups in total. The highest BCUT2D eigenvalue weighted by Gasteiger charge is 2.34. The molecule has 4 aromatic rings. The molecule has 0 fully saturated rings. The van der Waals surface area contributed by atoms with Crippen LogP contribution in [-0.4, -0.2) is 22.7 Å². The molecule has 0 bridgehead atoms. The van der Waals surface area contributed by atoms with Crippen molar-refractivity contribution in [1.29, 1.82) is 0 Å². The fourth-order valence-corrected chi connectivity index (χ4v) is 3.33. The number of nitrogens with one attached hydrogen (secondary N) is 1. The Hall–Kier alpha value is -3.65. The van der Waals surface area contributed by atoms with Crippen LogP contribution < -0.4 is 5.32 Å². The van der Waals surface area contributed by atoms with Gasteiger partial charge in [-0.3, -0.25) is 4.79 Å². The maximum Gasteiger partial charge on any atom is 0.416 e. The first-order valence-corrected chi connectivity index (χ1v) is 9.42. The van der Waals surface area contributed by atoms with Gasteiger partial charge in [-0.1, -0.05) is 53.7 Å². The van der Waals surface area contributed by atoms with Crippen LogP contribution in [0.4, 0.5) is 13.2 Å². The summed E-state index contributed by atoms with van der Waals surface area (Å²) in [6, 6.07) is 18.7. The number of hydrogen-bond acceptors (Lipinski definition) is 4. The summed E-state index contributed by atoms with van der Waals surface area (Å²) in [4.78, 5) is 12.6. The second-order valence-electron chi connectivity index (χ2n) is 6.92. The number of aromatic nitrogens is 1. The lowest BCUT2D eigenvalue weighted by atomic mass is 10.0. The van der Waals surface area contributed by atoms with E-state index in [1.54, 1.807) is 12.1 Å². The first-order valence-electron chi connectivity index (χ1n) is 9.42. The molecule has 5 nitrogen and oxygen atoms in total. The maximum atomic E-state index is 13.2. The van der Waals surface area contributed by atoms with Gasteiger partial charge in [-0.05, 0) is 29.8 Å². The smallest absolute Gasteiger partial charge is 0.387 e. The summed E-state index contributed by atoms with van der Waals surface area (Å²) in [6.07, 6.45) is -6.12. The van der Waals surface area contributed by atoms with Crippen LogP contribution in [0, 0.1) is 0 Å². The van der Waals surface area contributed by atoms with Gasteiger partial charge < -0.3 is 14.9 Å². The molecule has 31 heavy (non-hydrogen) atoms. The number of carbonyl (C=O) groups is 1. The molecule has 0 aliphatic rings. The van der Waals surface area contributed by atoms with Gasteiger partial charge in [0.1, 0.15) is 5.52 Å². The van der Waals surface area contributed by atoms with Crippen molar-refractivity contribution in [2.75, 3.05) is 6.54 Å². The fraction of sp³-hybridized carbons (Fsp3) is 0.130. The quantitative estimate of drug-likeness (QED) is 0.472. The number of benzene rings is 3. The van der Waals surface area contributed by atoms with Crippen LogP contribution in [0.25, 0.3) is 22.2 Å². The van der Waals surface area contributed by atoms with E-state index in [-0.39, 0.29) is 17.7 Å². The zero-order valence-electron chi connectivity index (χ0n) is 16.1. The van der Waals surface area contributed by atoms with Crippen LogP contribution in [0.5, 0.6) is 0 Å². The van der Waals surface area contributed by atoms with Crippen molar-refractivity contribution in [2.45, 2.75) is 12.3 Å². The lowest BCUT2D eigenvalue weighted by molar-refractivity contribution is -0.139. The van der Waals surface area contributed by atoms with E-state index in [0.29, 0.717) is 16.7 Å². The van der Waals surface area contributed by atoms with Gasteiger partial charge in [0, 0.05) is 17.7 Å². The predicted octanol–water partition coefficient (Wildman–Crippen LogP) is 4.98. The van der Waals surface area contributed by atoms with Gasteiger partial charge >= 0.3 is 6.18 Å². The molecule has 1 unspecified atom stereocenters. The molecular formula is C23H17F3N2O3. The average Bonchev–Trinajstić information content (AvgIpc) is 3.20. The minimum Gasteiger partial charge on any atom is -0.387 e. The van der Waals surface area contributed by atoms with E-state index in [0.717, 1.165) is 11.6 Å². The van der Waals surface area contributed by atoms with Crippen LogP contribution in [0.1, 0.15) is 27.6 Å². The number of carbonyl (C=O) groups excluding carboxylic acids is 1. The number of amides is 1. The Balaban J connectivity index is 1.53. The molecule has 0 spiro atoms. The molecule has 158 valence electrons. The Morgan fingerprint density at radius 3 is 2.48 bits per heavy atom. The van der Waals surface area contributed by atoms with Gasteiger partial charge in [0.15, 0.2) is 5.76 Å². The van der Waals surface area contributed by atoms with E-state index in [4.69, 9.17) is 4.52 Å². The minimum atomic E-state index is -4.60. The molecule has 1 atom stereocenters. The first-order chi connectivity index (χ1) is 14.8. The van der Waals surface area contributed by atoms with E-state index in [9.17, 15) is 23.1 Å². The van der Waals surface area contributed by atoms with Crippen LogP contribution in [0.15, 0.2) is 77.3 Å². The molecule has 0 saturated carbocycles. The van der Waals surface area contributed by atoms with Crippen molar-refractivity contribution in [3.8, 4) is 11.3 Å². The van der Waals surface area contributed by atoms with Gasteiger partial charge in [-0.25, -0.2) is 0 Å². The summed E-state index contributed by atoms with van der Waals surface area (Å²) >= 11 is 0. The molecule has 1 amide bonds. The number of aliphatic hydroxyl groups is 1. The molecule has 3 aromatic carbocycles. The third-order valence-electron chi connectivity index (χ3n) is 4.86. The zero-order chi connectivity index (χ0) is 22.0. The Labute approximate surface area is 175 Å². The molecular weight excluding hydrogens is 409 g/mol. The van der Waals surface area contributed by atoms with Crippen LogP contribution in [-0.2, 0) is 6.18 Å². The van der Waals surface area contributed by atoms with Crippen molar-refractivity contribution >= 4 is 16.8 Å². The van der Waals surface area contributed by atoms with Crippen LogP contribution in [0.2, 0.25) is 0 Å².